The van der Waals surface area contributed by atoms with Gasteiger partial charge in [-0.05, 0) is 30.0 Å². The Balaban J connectivity index is 2.45. The van der Waals surface area contributed by atoms with Gasteiger partial charge in [-0.3, -0.25) is 5.21 Å². The quantitative estimate of drug-likeness (QED) is 0.542. The highest BCUT2D eigenvalue weighted by molar-refractivity contribution is 5.71. The third-order valence-corrected chi connectivity index (χ3v) is 2.32. The molecule has 0 unspecified atom stereocenters. The maximum absolute atomic E-state index is 11.6. The third-order valence-electron chi connectivity index (χ3n) is 2.32. The fourth-order valence-electron chi connectivity index (χ4n) is 1.43. The van der Waals surface area contributed by atoms with Crippen molar-refractivity contribution in [2.45, 2.75) is 0 Å². The molecule has 0 spiro atoms. The van der Waals surface area contributed by atoms with Crippen molar-refractivity contribution in [2.75, 3.05) is 5.06 Å². The van der Waals surface area contributed by atoms with E-state index in [0.717, 1.165) is 6.07 Å². The lowest BCUT2D eigenvalue weighted by molar-refractivity contribution is -0.269. The molecule has 17 heavy (non-hydrogen) atoms. The van der Waals surface area contributed by atoms with Crippen LogP contribution in [0.4, 0.5) is 11.4 Å². The molecule has 0 heterocycles. The van der Waals surface area contributed by atoms with Gasteiger partial charge in [0, 0.05) is 0 Å². The van der Waals surface area contributed by atoms with Gasteiger partial charge < -0.3 is 15.3 Å². The van der Waals surface area contributed by atoms with Crippen LogP contribution in [-0.2, 0) is 0 Å². The Morgan fingerprint density at radius 1 is 0.941 bits per heavy atom. The molecule has 5 nitrogen and oxygen atoms in total. The van der Waals surface area contributed by atoms with E-state index < -0.39 is 17.2 Å². The topological polar surface area (TPSA) is 87.0 Å². The van der Waals surface area contributed by atoms with E-state index in [-0.39, 0.29) is 5.69 Å². The van der Waals surface area contributed by atoms with Gasteiger partial charge in [0.05, 0.1) is 11.4 Å². The molecule has 0 aliphatic carbocycles. The first-order chi connectivity index (χ1) is 8.11. The van der Waals surface area contributed by atoms with Gasteiger partial charge in [0.2, 0.25) is 0 Å². The van der Waals surface area contributed by atoms with Gasteiger partial charge in [-0.15, -0.1) is 0 Å². The molecule has 2 aromatic rings. The maximum Gasteiger partial charge on any atom is 0.156 e. The smallest absolute Gasteiger partial charge is 0.156 e. The Labute approximate surface area is 97.4 Å². The Morgan fingerprint density at radius 2 is 1.59 bits per heavy atom. The number of phenols is 2. The van der Waals surface area contributed by atoms with E-state index in [1.165, 1.54) is 6.07 Å². The predicted octanol–water partition coefficient (Wildman–Crippen LogP) is 1.70. The molecule has 3 N–H and O–H groups in total. The average molecular weight is 232 g/mol. The second-order valence-electron chi connectivity index (χ2n) is 3.43. The van der Waals surface area contributed by atoms with Crippen LogP contribution < -0.4 is 10.2 Å². The van der Waals surface area contributed by atoms with Crippen LogP contribution in [-0.4, -0.2) is 15.4 Å². The van der Waals surface area contributed by atoms with Crippen molar-refractivity contribution in [3.05, 3.63) is 42.5 Å². The number of aromatic hydroxyl groups is 2. The lowest BCUT2D eigenvalue weighted by Gasteiger charge is -2.23. The van der Waals surface area contributed by atoms with Gasteiger partial charge in [0.25, 0.3) is 0 Å². The van der Waals surface area contributed by atoms with Gasteiger partial charge in [-0.25, -0.2) is 5.06 Å². The summed E-state index contributed by atoms with van der Waals surface area (Å²) in [6.07, 6.45) is 0. The number of benzene rings is 2. The zero-order valence-electron chi connectivity index (χ0n) is 8.74. The summed E-state index contributed by atoms with van der Waals surface area (Å²) in [7, 11) is 0. The Bertz CT molecular complexity index is 528. The standard InChI is InChI=1S/C12H11NO4/c14-10-7-6-9(11(15)12(10)16)13(17)8-4-2-1-3-5-8/h1-7,14-17H/p-1. The monoisotopic (exact) mass is 232 g/mol. The minimum absolute atomic E-state index is 0.133. The van der Waals surface area contributed by atoms with Gasteiger partial charge in [-0.1, -0.05) is 18.2 Å². The summed E-state index contributed by atoms with van der Waals surface area (Å²) in [5.74, 6) is -2.13. The Morgan fingerprint density at radius 3 is 2.24 bits per heavy atom. The summed E-state index contributed by atoms with van der Waals surface area (Å²) in [6.45, 7) is 0. The highest BCUT2D eigenvalue weighted by Crippen LogP contribution is 2.41. The first-order valence-electron chi connectivity index (χ1n) is 4.87. The Kier molecular flexibility index (Phi) is 2.76. The van der Waals surface area contributed by atoms with Crippen molar-refractivity contribution < 1.29 is 20.5 Å². The minimum Gasteiger partial charge on any atom is -0.868 e. The molecule has 0 saturated heterocycles. The molecule has 0 bridgehead atoms. The van der Waals surface area contributed by atoms with Crippen LogP contribution >= 0.6 is 0 Å². The van der Waals surface area contributed by atoms with E-state index in [0.29, 0.717) is 10.8 Å². The number of nitrogens with zero attached hydrogens (tertiary/aromatic N) is 1. The third kappa shape index (κ3) is 1.95. The molecule has 5 heteroatoms. The van der Waals surface area contributed by atoms with Crippen molar-refractivity contribution in [1.29, 1.82) is 0 Å². The van der Waals surface area contributed by atoms with Crippen LogP contribution in [0.2, 0.25) is 0 Å². The second kappa shape index (κ2) is 4.23. The highest BCUT2D eigenvalue weighted by Gasteiger charge is 2.10. The zero-order chi connectivity index (χ0) is 12.4. The maximum atomic E-state index is 11.6. The van der Waals surface area contributed by atoms with Crippen LogP contribution in [0.25, 0.3) is 0 Å². The van der Waals surface area contributed by atoms with E-state index in [4.69, 9.17) is 5.11 Å². The number of rotatable bonds is 2. The fourth-order valence-corrected chi connectivity index (χ4v) is 1.43. The number of hydrogen-bond donors (Lipinski definition) is 3. The molecule has 0 fully saturated rings. The van der Waals surface area contributed by atoms with Crippen molar-refractivity contribution in [2.24, 2.45) is 0 Å². The summed E-state index contributed by atoms with van der Waals surface area (Å²) in [5, 5.41) is 40.5. The predicted molar refractivity (Wildman–Crippen MR) is 59.6 cm³/mol. The van der Waals surface area contributed by atoms with E-state index >= 15 is 0 Å². The molecule has 88 valence electrons. The largest absolute Gasteiger partial charge is 0.868 e. The highest BCUT2D eigenvalue weighted by atomic mass is 16.5. The molecule has 0 radical (unpaired) electrons. The first kappa shape index (κ1) is 11.1. The van der Waals surface area contributed by atoms with Gasteiger partial charge in [-0.2, -0.15) is 0 Å². The van der Waals surface area contributed by atoms with Crippen molar-refractivity contribution in [1.82, 2.24) is 0 Å². The van der Waals surface area contributed by atoms with E-state index in [9.17, 15) is 15.4 Å². The van der Waals surface area contributed by atoms with Crippen molar-refractivity contribution in [3.63, 3.8) is 0 Å². The summed E-state index contributed by atoms with van der Waals surface area (Å²) in [6, 6.07) is 10.7. The molecule has 0 amide bonds. The lowest BCUT2D eigenvalue weighted by Crippen LogP contribution is -2.12. The van der Waals surface area contributed by atoms with Gasteiger partial charge in [0.15, 0.2) is 11.5 Å². The van der Waals surface area contributed by atoms with Crippen LogP contribution in [0, 0.1) is 0 Å². The molecule has 2 rings (SSSR count). The van der Waals surface area contributed by atoms with Crippen LogP contribution in [0.15, 0.2) is 42.5 Å². The number of hydrogen-bond acceptors (Lipinski definition) is 5. The van der Waals surface area contributed by atoms with Crippen LogP contribution in [0.1, 0.15) is 0 Å². The second-order valence-corrected chi connectivity index (χ2v) is 3.43. The average Bonchev–Trinajstić information content (AvgIpc) is 2.36. The van der Waals surface area contributed by atoms with Crippen LogP contribution in [0.5, 0.6) is 17.2 Å². The fraction of sp³-hybridized carbons (Fsp3) is 0. The molecule has 0 aliphatic rings. The van der Waals surface area contributed by atoms with E-state index in [1.807, 2.05) is 0 Å². The number of para-hydroxylation sites is 1. The SMILES string of the molecule is [O-]c1c(N(O)c2ccccc2)ccc(O)c1O. The van der Waals surface area contributed by atoms with Crippen LogP contribution in [0.3, 0.4) is 0 Å². The van der Waals surface area contributed by atoms with E-state index in [1.54, 1.807) is 30.3 Å². The summed E-state index contributed by atoms with van der Waals surface area (Å²) >= 11 is 0. The Hall–Kier alpha value is -2.40. The van der Waals surface area contributed by atoms with E-state index in [2.05, 4.69) is 0 Å². The summed E-state index contributed by atoms with van der Waals surface area (Å²) < 4.78 is 0. The number of phenolic OH excluding ortho intramolecular Hbond substituents is 2. The normalized spacial score (nSPS) is 10.2. The molecule has 0 atom stereocenters. The first-order valence-corrected chi connectivity index (χ1v) is 4.87. The number of anilines is 2. The molecule has 0 aliphatic heterocycles. The van der Waals surface area contributed by atoms with Gasteiger partial charge >= 0.3 is 0 Å². The lowest BCUT2D eigenvalue weighted by atomic mass is 10.2. The zero-order valence-corrected chi connectivity index (χ0v) is 8.74. The van der Waals surface area contributed by atoms with Crippen molar-refractivity contribution in [3.8, 4) is 17.2 Å². The molecule has 0 saturated carbocycles. The molecular formula is C12H10NO4-. The van der Waals surface area contributed by atoms with Gasteiger partial charge in [0.1, 0.15) is 0 Å². The molecule has 2 aromatic carbocycles. The molecular weight excluding hydrogens is 222 g/mol. The summed E-state index contributed by atoms with van der Waals surface area (Å²) in [4.78, 5) is 0. The van der Waals surface area contributed by atoms with Crippen molar-refractivity contribution >= 4 is 11.4 Å². The summed E-state index contributed by atoms with van der Waals surface area (Å²) in [5.41, 5.74) is 0.251. The minimum atomic E-state index is -0.837. The molecule has 0 aromatic heterocycles.